The summed E-state index contributed by atoms with van der Waals surface area (Å²) in [4.78, 5) is 2.48. The van der Waals surface area contributed by atoms with Crippen LogP contribution in [0, 0.1) is 0 Å². The molecule has 1 aliphatic rings. The molecule has 3 nitrogen and oxygen atoms in total. The van der Waals surface area contributed by atoms with Crippen LogP contribution < -0.4 is 5.73 Å². The Labute approximate surface area is 87.3 Å². The second-order valence-corrected chi connectivity index (χ2v) is 4.38. The molecule has 0 saturated heterocycles. The first-order chi connectivity index (χ1) is 6.65. The summed E-state index contributed by atoms with van der Waals surface area (Å²) in [5, 5.41) is 9.98. The molecule has 3 N–H and O–H groups in total. The lowest BCUT2D eigenvalue weighted by Crippen LogP contribution is -2.47. The van der Waals surface area contributed by atoms with E-state index in [2.05, 4.69) is 18.7 Å². The average Bonchev–Trinajstić information content (AvgIpc) is 2.23. The standard InChI is InChI=1S/C11H24N2O/c1-3-13(4-2)10-5-7-11(14,9-12)8-6-10/h10,14H,3-9,12H2,1-2H3. The van der Waals surface area contributed by atoms with Gasteiger partial charge in [-0.15, -0.1) is 0 Å². The van der Waals surface area contributed by atoms with Gasteiger partial charge < -0.3 is 15.7 Å². The maximum atomic E-state index is 9.98. The molecule has 0 heterocycles. The van der Waals surface area contributed by atoms with Crippen molar-refractivity contribution in [2.75, 3.05) is 19.6 Å². The molecule has 0 unspecified atom stereocenters. The molecule has 0 aromatic carbocycles. The lowest BCUT2D eigenvalue weighted by molar-refractivity contribution is -0.0116. The summed E-state index contributed by atoms with van der Waals surface area (Å²) in [6.07, 6.45) is 3.92. The van der Waals surface area contributed by atoms with E-state index in [1.54, 1.807) is 0 Å². The van der Waals surface area contributed by atoms with Gasteiger partial charge in [-0.2, -0.15) is 0 Å². The third-order valence-electron chi connectivity index (χ3n) is 3.59. The highest BCUT2D eigenvalue weighted by Crippen LogP contribution is 2.29. The quantitative estimate of drug-likeness (QED) is 0.710. The van der Waals surface area contributed by atoms with Crippen molar-refractivity contribution >= 4 is 0 Å². The summed E-state index contributed by atoms with van der Waals surface area (Å²) in [7, 11) is 0. The lowest BCUT2D eigenvalue weighted by Gasteiger charge is -2.39. The first-order valence-electron chi connectivity index (χ1n) is 5.81. The van der Waals surface area contributed by atoms with Crippen LogP contribution in [0.1, 0.15) is 39.5 Å². The van der Waals surface area contributed by atoms with Gasteiger partial charge >= 0.3 is 0 Å². The minimum atomic E-state index is -0.566. The van der Waals surface area contributed by atoms with Crippen LogP contribution in [-0.4, -0.2) is 41.3 Å². The van der Waals surface area contributed by atoms with E-state index < -0.39 is 5.60 Å². The number of nitrogens with two attached hydrogens (primary N) is 1. The molecular formula is C11H24N2O. The summed E-state index contributed by atoms with van der Waals surface area (Å²) >= 11 is 0. The Morgan fingerprint density at radius 2 is 1.79 bits per heavy atom. The van der Waals surface area contributed by atoms with E-state index in [1.165, 1.54) is 0 Å². The highest BCUT2D eigenvalue weighted by Gasteiger charge is 2.33. The van der Waals surface area contributed by atoms with Crippen LogP contribution in [0.2, 0.25) is 0 Å². The van der Waals surface area contributed by atoms with Crippen LogP contribution in [0.4, 0.5) is 0 Å². The van der Waals surface area contributed by atoms with E-state index >= 15 is 0 Å². The second-order valence-electron chi connectivity index (χ2n) is 4.38. The molecule has 1 aliphatic carbocycles. The van der Waals surface area contributed by atoms with Gasteiger partial charge in [0.25, 0.3) is 0 Å². The SMILES string of the molecule is CCN(CC)C1CCC(O)(CN)CC1. The molecule has 0 spiro atoms. The molecule has 0 amide bonds. The lowest BCUT2D eigenvalue weighted by atomic mass is 9.81. The van der Waals surface area contributed by atoms with Crippen LogP contribution in [0.15, 0.2) is 0 Å². The van der Waals surface area contributed by atoms with Gasteiger partial charge in [0.15, 0.2) is 0 Å². The van der Waals surface area contributed by atoms with Crippen LogP contribution in [0.5, 0.6) is 0 Å². The van der Waals surface area contributed by atoms with Crippen molar-refractivity contribution in [2.45, 2.75) is 51.2 Å². The van der Waals surface area contributed by atoms with E-state index in [1.807, 2.05) is 0 Å². The molecule has 3 heteroatoms. The highest BCUT2D eigenvalue weighted by molar-refractivity contribution is 4.89. The van der Waals surface area contributed by atoms with Crippen molar-refractivity contribution < 1.29 is 5.11 Å². The number of rotatable bonds is 4. The minimum Gasteiger partial charge on any atom is -0.389 e. The fourth-order valence-electron chi connectivity index (χ4n) is 2.45. The zero-order valence-electron chi connectivity index (χ0n) is 9.50. The molecule has 0 radical (unpaired) electrons. The normalized spacial score (nSPS) is 33.6. The topological polar surface area (TPSA) is 49.5 Å². The van der Waals surface area contributed by atoms with Gasteiger partial charge in [-0.05, 0) is 38.8 Å². The molecule has 0 aromatic heterocycles. The van der Waals surface area contributed by atoms with Gasteiger partial charge in [-0.3, -0.25) is 0 Å². The van der Waals surface area contributed by atoms with E-state index in [0.717, 1.165) is 38.8 Å². The molecule has 0 aromatic rings. The fourth-order valence-corrected chi connectivity index (χ4v) is 2.45. The van der Waals surface area contributed by atoms with Crippen molar-refractivity contribution in [3.8, 4) is 0 Å². The van der Waals surface area contributed by atoms with Crippen molar-refractivity contribution in [3.05, 3.63) is 0 Å². The molecule has 84 valence electrons. The van der Waals surface area contributed by atoms with Crippen molar-refractivity contribution in [3.63, 3.8) is 0 Å². The van der Waals surface area contributed by atoms with Crippen LogP contribution in [0.25, 0.3) is 0 Å². The highest BCUT2D eigenvalue weighted by atomic mass is 16.3. The zero-order chi connectivity index (χ0) is 10.6. The molecule has 0 atom stereocenters. The first-order valence-corrected chi connectivity index (χ1v) is 5.81. The van der Waals surface area contributed by atoms with Gasteiger partial charge in [0.2, 0.25) is 0 Å². The van der Waals surface area contributed by atoms with E-state index in [0.29, 0.717) is 12.6 Å². The van der Waals surface area contributed by atoms with E-state index in [4.69, 9.17) is 5.73 Å². The second kappa shape index (κ2) is 5.10. The fraction of sp³-hybridized carbons (Fsp3) is 1.00. The third kappa shape index (κ3) is 2.69. The number of hydrogen-bond acceptors (Lipinski definition) is 3. The molecule has 1 fully saturated rings. The van der Waals surface area contributed by atoms with Gasteiger partial charge in [0.1, 0.15) is 0 Å². The number of nitrogens with zero attached hydrogens (tertiary/aromatic N) is 1. The van der Waals surface area contributed by atoms with Crippen LogP contribution in [0.3, 0.4) is 0 Å². The predicted molar refractivity (Wildman–Crippen MR) is 59.2 cm³/mol. The van der Waals surface area contributed by atoms with Gasteiger partial charge in [0, 0.05) is 12.6 Å². The van der Waals surface area contributed by atoms with E-state index in [9.17, 15) is 5.11 Å². The molecule has 0 aliphatic heterocycles. The summed E-state index contributed by atoms with van der Waals surface area (Å²) in [6.45, 7) is 7.04. The zero-order valence-corrected chi connectivity index (χ0v) is 9.50. The van der Waals surface area contributed by atoms with Crippen molar-refractivity contribution in [1.82, 2.24) is 4.90 Å². The smallest absolute Gasteiger partial charge is 0.0770 e. The Hall–Kier alpha value is -0.120. The van der Waals surface area contributed by atoms with Gasteiger partial charge in [-0.25, -0.2) is 0 Å². The average molecular weight is 200 g/mol. The monoisotopic (exact) mass is 200 g/mol. The summed E-state index contributed by atoms with van der Waals surface area (Å²) in [6, 6.07) is 0.664. The maximum absolute atomic E-state index is 9.98. The Balaban J connectivity index is 2.42. The Kier molecular flexibility index (Phi) is 4.35. The Morgan fingerprint density at radius 3 is 2.14 bits per heavy atom. The number of aliphatic hydroxyl groups is 1. The van der Waals surface area contributed by atoms with Crippen molar-refractivity contribution in [1.29, 1.82) is 0 Å². The summed E-state index contributed by atoms with van der Waals surface area (Å²) in [5.41, 5.74) is 4.99. The first kappa shape index (κ1) is 12.0. The van der Waals surface area contributed by atoms with Gasteiger partial charge in [-0.1, -0.05) is 13.8 Å². The van der Waals surface area contributed by atoms with Gasteiger partial charge in [0.05, 0.1) is 5.60 Å². The largest absolute Gasteiger partial charge is 0.389 e. The molecule has 1 rings (SSSR count). The predicted octanol–water partition coefficient (Wildman–Crippen LogP) is 0.961. The Bertz CT molecular complexity index is 161. The third-order valence-corrected chi connectivity index (χ3v) is 3.59. The Morgan fingerprint density at radius 1 is 1.29 bits per heavy atom. The van der Waals surface area contributed by atoms with Crippen LogP contribution in [-0.2, 0) is 0 Å². The van der Waals surface area contributed by atoms with Crippen molar-refractivity contribution in [2.24, 2.45) is 5.73 Å². The molecule has 14 heavy (non-hydrogen) atoms. The molecule has 1 saturated carbocycles. The minimum absolute atomic E-state index is 0.415. The van der Waals surface area contributed by atoms with E-state index in [-0.39, 0.29) is 0 Å². The summed E-state index contributed by atoms with van der Waals surface area (Å²) < 4.78 is 0. The summed E-state index contributed by atoms with van der Waals surface area (Å²) in [5.74, 6) is 0. The maximum Gasteiger partial charge on any atom is 0.0770 e. The molecular weight excluding hydrogens is 176 g/mol. The number of hydrogen-bond donors (Lipinski definition) is 2. The van der Waals surface area contributed by atoms with Crippen LogP contribution >= 0.6 is 0 Å². The molecule has 0 bridgehead atoms.